The predicted molar refractivity (Wildman–Crippen MR) is 126 cm³/mol. The van der Waals surface area contributed by atoms with Crippen molar-refractivity contribution in [1.82, 2.24) is 20.2 Å². The van der Waals surface area contributed by atoms with Gasteiger partial charge in [0.2, 0.25) is 0 Å². The molecule has 1 saturated heterocycles. The third kappa shape index (κ3) is 4.17. The minimum absolute atomic E-state index is 0.176. The molecule has 33 heavy (non-hydrogen) atoms. The lowest BCUT2D eigenvalue weighted by atomic mass is 9.80. The van der Waals surface area contributed by atoms with Crippen LogP contribution in [0.25, 0.3) is 11.0 Å². The van der Waals surface area contributed by atoms with Crippen LogP contribution in [0.3, 0.4) is 0 Å². The number of halogens is 1. The third-order valence-corrected chi connectivity index (χ3v) is 6.94. The van der Waals surface area contributed by atoms with Gasteiger partial charge in [-0.1, -0.05) is 22.0 Å². The van der Waals surface area contributed by atoms with E-state index in [1.807, 2.05) is 30.3 Å². The van der Waals surface area contributed by atoms with Crippen LogP contribution in [0.1, 0.15) is 48.1 Å². The summed E-state index contributed by atoms with van der Waals surface area (Å²) in [5.41, 5.74) is 2.48. The Kier molecular flexibility index (Phi) is 5.74. The molecular formula is C24H25BrN4O4. The lowest BCUT2D eigenvalue weighted by Gasteiger charge is -2.46. The molecule has 8 nitrogen and oxygen atoms in total. The number of likely N-dealkylation sites (tertiary alicyclic amines) is 1. The van der Waals surface area contributed by atoms with Crippen LogP contribution in [-0.2, 0) is 4.74 Å². The normalized spacial score (nSPS) is 19.1. The number of aromatic nitrogens is 2. The molecule has 2 amide bonds. The lowest BCUT2D eigenvalue weighted by molar-refractivity contribution is -0.0233. The third-order valence-electron chi connectivity index (χ3n) is 6.45. The molecule has 3 heterocycles. The molecule has 0 unspecified atom stereocenters. The Bertz CT molecular complexity index is 1200. The maximum atomic E-state index is 13.3. The van der Waals surface area contributed by atoms with E-state index in [4.69, 9.17) is 9.47 Å². The number of benzene rings is 2. The molecule has 0 radical (unpaired) electrons. The summed E-state index contributed by atoms with van der Waals surface area (Å²) in [7, 11) is 0. The molecule has 2 aromatic carbocycles. The Morgan fingerprint density at radius 3 is 2.91 bits per heavy atom. The van der Waals surface area contributed by atoms with Crippen molar-refractivity contribution < 1.29 is 19.1 Å². The number of hydrogen-bond acceptors (Lipinski definition) is 5. The van der Waals surface area contributed by atoms with Crippen LogP contribution < -0.4 is 10.1 Å². The summed E-state index contributed by atoms with van der Waals surface area (Å²) in [6.07, 6.45) is 3.26. The van der Waals surface area contributed by atoms with Crippen molar-refractivity contribution in [2.45, 2.75) is 37.8 Å². The summed E-state index contributed by atoms with van der Waals surface area (Å²) in [6, 6.07) is 11.2. The van der Waals surface area contributed by atoms with Crippen molar-refractivity contribution >= 4 is 39.0 Å². The number of nitrogens with one attached hydrogen (secondary N) is 2. The first-order chi connectivity index (χ1) is 16.0. The smallest absolute Gasteiger partial charge is 0.409 e. The van der Waals surface area contributed by atoms with Crippen molar-refractivity contribution in [3.63, 3.8) is 0 Å². The number of fused-ring (bicyclic) bond motifs is 2. The zero-order valence-electron chi connectivity index (χ0n) is 18.3. The molecule has 2 aliphatic heterocycles. The topological polar surface area (TPSA) is 96.6 Å². The number of amides is 2. The number of carbonyl (C=O) groups is 2. The fraction of sp³-hybridized carbons (Fsp3) is 0.375. The summed E-state index contributed by atoms with van der Waals surface area (Å²) in [5.74, 6) is 0.585. The standard InChI is InChI=1S/C24H25BrN4O4/c1-2-32-23(31)29-10-8-24(9-11-29)13-19(17-12-15(25)6-7-20(17)33-24)28-22(30)16-4-3-5-18-21(16)27-14-26-18/h3-7,12,14,19H,2,8-11,13H2,1H3,(H,26,27)(H,28,30)/t19-/m0/s1. The largest absolute Gasteiger partial charge is 0.487 e. The second kappa shape index (κ2) is 8.70. The Morgan fingerprint density at radius 2 is 2.12 bits per heavy atom. The van der Waals surface area contributed by atoms with Crippen molar-refractivity contribution in [1.29, 1.82) is 0 Å². The Morgan fingerprint density at radius 1 is 1.30 bits per heavy atom. The van der Waals surface area contributed by atoms with Gasteiger partial charge in [0.25, 0.3) is 5.91 Å². The Balaban J connectivity index is 1.41. The molecular weight excluding hydrogens is 488 g/mol. The van der Waals surface area contributed by atoms with Gasteiger partial charge in [-0.2, -0.15) is 0 Å². The van der Waals surface area contributed by atoms with Crippen molar-refractivity contribution in [3.8, 4) is 5.75 Å². The van der Waals surface area contributed by atoms with E-state index in [1.165, 1.54) is 0 Å². The first-order valence-electron chi connectivity index (χ1n) is 11.1. The van der Waals surface area contributed by atoms with Crippen LogP contribution in [-0.4, -0.2) is 52.2 Å². The number of H-pyrrole nitrogens is 1. The number of hydrogen-bond donors (Lipinski definition) is 2. The first-order valence-corrected chi connectivity index (χ1v) is 11.9. The van der Waals surface area contributed by atoms with E-state index in [2.05, 4.69) is 31.2 Å². The Hall–Kier alpha value is -3.07. The minimum Gasteiger partial charge on any atom is -0.487 e. The van der Waals surface area contributed by atoms with Gasteiger partial charge in [-0.05, 0) is 37.3 Å². The number of ether oxygens (including phenoxy) is 2. The second-order valence-electron chi connectivity index (χ2n) is 8.49. The van der Waals surface area contributed by atoms with E-state index >= 15 is 0 Å². The summed E-state index contributed by atoms with van der Waals surface area (Å²) in [4.78, 5) is 34.6. The SMILES string of the molecule is CCOC(=O)N1CCC2(CC1)C[C@H](NC(=O)c1cccc3[nH]cnc13)c1cc(Br)ccc1O2. The average molecular weight is 513 g/mol. The highest BCUT2D eigenvalue weighted by molar-refractivity contribution is 9.10. The van der Waals surface area contributed by atoms with Crippen molar-refractivity contribution in [2.24, 2.45) is 0 Å². The highest BCUT2D eigenvalue weighted by Crippen LogP contribution is 2.45. The fourth-order valence-electron chi connectivity index (χ4n) is 4.77. The molecule has 1 aromatic heterocycles. The molecule has 3 aromatic rings. The van der Waals surface area contributed by atoms with E-state index in [-0.39, 0.29) is 18.0 Å². The van der Waals surface area contributed by atoms with Gasteiger partial charge in [0.05, 0.1) is 30.1 Å². The molecule has 0 saturated carbocycles. The van der Waals surface area contributed by atoms with Gasteiger partial charge in [-0.25, -0.2) is 9.78 Å². The molecule has 1 atom stereocenters. The van der Waals surface area contributed by atoms with Crippen LogP contribution in [0.5, 0.6) is 5.75 Å². The summed E-state index contributed by atoms with van der Waals surface area (Å²) in [5, 5.41) is 3.23. The average Bonchev–Trinajstić information content (AvgIpc) is 3.29. The van der Waals surface area contributed by atoms with Gasteiger partial charge in [0, 0.05) is 42.4 Å². The maximum absolute atomic E-state index is 13.3. The molecule has 172 valence electrons. The second-order valence-corrected chi connectivity index (χ2v) is 9.40. The zero-order chi connectivity index (χ0) is 23.0. The van der Waals surface area contributed by atoms with Gasteiger partial charge in [0.1, 0.15) is 16.9 Å². The first kappa shape index (κ1) is 21.8. The van der Waals surface area contributed by atoms with Crippen LogP contribution in [0.4, 0.5) is 4.79 Å². The van der Waals surface area contributed by atoms with Gasteiger partial charge < -0.3 is 24.7 Å². The molecule has 0 bridgehead atoms. The van der Waals surface area contributed by atoms with E-state index in [9.17, 15) is 9.59 Å². The van der Waals surface area contributed by atoms with Crippen molar-refractivity contribution in [3.05, 3.63) is 58.3 Å². The minimum atomic E-state index is -0.458. The fourth-order valence-corrected chi connectivity index (χ4v) is 5.15. The number of para-hydroxylation sites is 1. The van der Waals surface area contributed by atoms with Gasteiger partial charge in [-0.15, -0.1) is 0 Å². The summed E-state index contributed by atoms with van der Waals surface area (Å²) >= 11 is 3.54. The Labute approximate surface area is 199 Å². The van der Waals surface area contributed by atoms with Gasteiger partial charge >= 0.3 is 6.09 Å². The number of carbonyl (C=O) groups excluding carboxylic acids is 2. The van der Waals surface area contributed by atoms with E-state index in [1.54, 1.807) is 24.2 Å². The van der Waals surface area contributed by atoms with E-state index in [0.717, 1.165) is 21.3 Å². The van der Waals surface area contributed by atoms with Crippen molar-refractivity contribution in [2.75, 3.05) is 19.7 Å². The molecule has 1 fully saturated rings. The maximum Gasteiger partial charge on any atom is 0.409 e. The van der Waals surface area contributed by atoms with Crippen LogP contribution in [0, 0.1) is 0 Å². The molecule has 2 aliphatic rings. The number of imidazole rings is 1. The van der Waals surface area contributed by atoms with Crippen LogP contribution in [0.15, 0.2) is 47.2 Å². The van der Waals surface area contributed by atoms with E-state index in [0.29, 0.717) is 50.0 Å². The molecule has 0 aliphatic carbocycles. The quantitative estimate of drug-likeness (QED) is 0.535. The number of rotatable bonds is 3. The summed E-state index contributed by atoms with van der Waals surface area (Å²) < 4.78 is 12.6. The molecule has 5 rings (SSSR count). The van der Waals surface area contributed by atoms with Crippen LogP contribution in [0.2, 0.25) is 0 Å². The molecule has 2 N–H and O–H groups in total. The van der Waals surface area contributed by atoms with Gasteiger partial charge in [0.15, 0.2) is 0 Å². The number of aromatic amines is 1. The molecule has 1 spiro atoms. The van der Waals surface area contributed by atoms with Crippen LogP contribution >= 0.6 is 15.9 Å². The van der Waals surface area contributed by atoms with E-state index < -0.39 is 5.60 Å². The highest BCUT2D eigenvalue weighted by Gasteiger charge is 2.44. The number of nitrogens with zero attached hydrogens (tertiary/aromatic N) is 2. The monoisotopic (exact) mass is 512 g/mol. The lowest BCUT2D eigenvalue weighted by Crippen LogP contribution is -2.53. The summed E-state index contributed by atoms with van der Waals surface area (Å²) in [6.45, 7) is 3.27. The molecule has 9 heteroatoms. The van der Waals surface area contributed by atoms with Gasteiger partial charge in [-0.3, -0.25) is 4.79 Å². The zero-order valence-corrected chi connectivity index (χ0v) is 19.9. The highest BCUT2D eigenvalue weighted by atomic mass is 79.9. The predicted octanol–water partition coefficient (Wildman–Crippen LogP) is 4.57. The number of piperidine rings is 1.